The Morgan fingerprint density at radius 3 is 3.00 bits per heavy atom. The first-order valence-corrected chi connectivity index (χ1v) is 7.36. The van der Waals surface area contributed by atoms with Crippen LogP contribution in [0.4, 0.5) is 0 Å². The van der Waals surface area contributed by atoms with E-state index in [1.807, 2.05) is 6.08 Å². The van der Waals surface area contributed by atoms with E-state index in [0.29, 0.717) is 32.3 Å². The number of allylic oxidation sites excluding steroid dienone is 1. The second-order valence-corrected chi connectivity index (χ2v) is 5.20. The average Bonchev–Trinajstić information content (AvgIpc) is 2.44. The van der Waals surface area contributed by atoms with Gasteiger partial charge in [-0.1, -0.05) is 39.2 Å². The first kappa shape index (κ1) is 16.2. The maximum Gasteiger partial charge on any atom is 0.243 e. The van der Waals surface area contributed by atoms with Gasteiger partial charge in [-0.25, -0.2) is 0 Å². The summed E-state index contributed by atoms with van der Waals surface area (Å²) in [6.07, 6.45) is 8.29. The predicted octanol–water partition coefficient (Wildman–Crippen LogP) is 2.29. The van der Waals surface area contributed by atoms with Crippen LogP contribution in [0, 0.1) is 5.92 Å². The molecular weight excluding hydrogens is 242 g/mol. The number of carbonyl (C=O) groups excluding carboxylic acids is 1. The van der Waals surface area contributed by atoms with Crippen molar-refractivity contribution in [3.63, 3.8) is 0 Å². The van der Waals surface area contributed by atoms with Gasteiger partial charge in [-0.05, 0) is 18.4 Å². The zero-order valence-electron chi connectivity index (χ0n) is 12.2. The van der Waals surface area contributed by atoms with Crippen LogP contribution in [-0.2, 0) is 14.3 Å². The van der Waals surface area contributed by atoms with Crippen molar-refractivity contribution in [2.45, 2.75) is 45.6 Å². The van der Waals surface area contributed by atoms with E-state index in [1.165, 1.54) is 19.3 Å². The molecule has 1 amide bonds. The Balaban J connectivity index is 2.08. The Labute approximate surface area is 116 Å². The number of rotatable bonds is 8. The number of unbranched alkanes of at least 4 members (excludes halogenated alkanes) is 1. The molecule has 0 aliphatic carbocycles. The second-order valence-electron chi connectivity index (χ2n) is 5.20. The molecule has 1 aliphatic heterocycles. The summed E-state index contributed by atoms with van der Waals surface area (Å²) in [5.41, 5.74) is 0. The molecule has 2 atom stereocenters. The fraction of sp³-hybridized carbons (Fsp3) is 0.800. The van der Waals surface area contributed by atoms with Gasteiger partial charge < -0.3 is 14.8 Å². The third-order valence-electron chi connectivity index (χ3n) is 3.25. The molecule has 0 spiro atoms. The largest absolute Gasteiger partial charge is 0.376 e. The lowest BCUT2D eigenvalue weighted by molar-refractivity contribution is -0.119. The highest BCUT2D eigenvalue weighted by atomic mass is 16.6. The Hall–Kier alpha value is -0.870. The van der Waals surface area contributed by atoms with Crippen molar-refractivity contribution in [3.05, 3.63) is 12.2 Å². The third kappa shape index (κ3) is 8.01. The van der Waals surface area contributed by atoms with Gasteiger partial charge in [-0.15, -0.1) is 0 Å². The molecule has 1 heterocycles. The number of ether oxygens (including phenoxy) is 2. The van der Waals surface area contributed by atoms with E-state index < -0.39 is 0 Å². The van der Waals surface area contributed by atoms with Crippen LogP contribution in [0.2, 0.25) is 0 Å². The van der Waals surface area contributed by atoms with E-state index in [2.05, 4.69) is 19.2 Å². The second kappa shape index (κ2) is 9.98. The highest BCUT2D eigenvalue weighted by Crippen LogP contribution is 2.11. The molecule has 0 saturated carbocycles. The van der Waals surface area contributed by atoms with Crippen molar-refractivity contribution in [3.8, 4) is 0 Å². The molecule has 110 valence electrons. The number of hydrogen-bond acceptors (Lipinski definition) is 3. The van der Waals surface area contributed by atoms with Gasteiger partial charge >= 0.3 is 0 Å². The third-order valence-corrected chi connectivity index (χ3v) is 3.25. The van der Waals surface area contributed by atoms with Gasteiger partial charge in [0, 0.05) is 6.54 Å². The summed E-state index contributed by atoms with van der Waals surface area (Å²) >= 11 is 0. The highest BCUT2D eigenvalue weighted by Gasteiger charge is 2.14. The molecule has 1 aliphatic rings. The minimum atomic E-state index is -0.0446. The molecule has 1 saturated heterocycles. The lowest BCUT2D eigenvalue weighted by Gasteiger charge is -2.22. The summed E-state index contributed by atoms with van der Waals surface area (Å²) in [4.78, 5) is 11.6. The lowest BCUT2D eigenvalue weighted by atomic mass is 10.0. The molecule has 0 radical (unpaired) electrons. The topological polar surface area (TPSA) is 47.6 Å². The summed E-state index contributed by atoms with van der Waals surface area (Å²) in [5, 5.41) is 2.84. The zero-order chi connectivity index (χ0) is 13.9. The molecule has 1 fully saturated rings. The Morgan fingerprint density at radius 2 is 2.32 bits per heavy atom. The van der Waals surface area contributed by atoms with Crippen LogP contribution in [0.25, 0.3) is 0 Å². The molecule has 1 N–H and O–H groups in total. The number of hydrogen-bond donors (Lipinski definition) is 1. The van der Waals surface area contributed by atoms with Gasteiger partial charge in [0.25, 0.3) is 0 Å². The van der Waals surface area contributed by atoms with Crippen molar-refractivity contribution in [2.75, 3.05) is 26.4 Å². The van der Waals surface area contributed by atoms with Crippen LogP contribution >= 0.6 is 0 Å². The SMILES string of the molecule is CCCCC(C)CC=CC(=O)NCC1COCCO1. The van der Waals surface area contributed by atoms with E-state index in [-0.39, 0.29) is 12.0 Å². The molecule has 0 aromatic heterocycles. The predicted molar refractivity (Wildman–Crippen MR) is 76.0 cm³/mol. The summed E-state index contributed by atoms with van der Waals surface area (Å²) in [5.74, 6) is 0.607. The van der Waals surface area contributed by atoms with Gasteiger partial charge in [0.15, 0.2) is 0 Å². The maximum absolute atomic E-state index is 11.6. The fourth-order valence-electron chi connectivity index (χ4n) is 2.01. The van der Waals surface area contributed by atoms with Crippen molar-refractivity contribution < 1.29 is 14.3 Å². The lowest BCUT2D eigenvalue weighted by Crippen LogP contribution is -2.39. The zero-order valence-corrected chi connectivity index (χ0v) is 12.2. The van der Waals surface area contributed by atoms with E-state index in [0.717, 1.165) is 6.42 Å². The maximum atomic E-state index is 11.6. The summed E-state index contributed by atoms with van der Waals surface area (Å²) in [7, 11) is 0. The quantitative estimate of drug-likeness (QED) is 0.688. The normalized spacial score (nSPS) is 21.5. The van der Waals surface area contributed by atoms with Crippen molar-refractivity contribution in [1.29, 1.82) is 0 Å². The van der Waals surface area contributed by atoms with Crippen molar-refractivity contribution >= 4 is 5.91 Å². The van der Waals surface area contributed by atoms with Crippen molar-refractivity contribution in [1.82, 2.24) is 5.32 Å². The van der Waals surface area contributed by atoms with Gasteiger partial charge in [0.1, 0.15) is 0 Å². The van der Waals surface area contributed by atoms with Gasteiger partial charge in [0.2, 0.25) is 5.91 Å². The molecule has 0 aromatic rings. The first-order valence-electron chi connectivity index (χ1n) is 7.36. The smallest absolute Gasteiger partial charge is 0.243 e. The Morgan fingerprint density at radius 1 is 1.47 bits per heavy atom. The number of nitrogens with one attached hydrogen (secondary N) is 1. The Bertz CT molecular complexity index is 273. The molecular formula is C15H27NO3. The standard InChI is InChI=1S/C15H27NO3/c1-3-4-6-13(2)7-5-8-15(17)16-11-14-12-18-9-10-19-14/h5,8,13-14H,3-4,6-7,9-12H2,1-2H3,(H,16,17). The van der Waals surface area contributed by atoms with Crippen molar-refractivity contribution in [2.24, 2.45) is 5.92 Å². The van der Waals surface area contributed by atoms with Crippen LogP contribution in [0.15, 0.2) is 12.2 Å². The number of carbonyl (C=O) groups is 1. The summed E-state index contributed by atoms with van der Waals surface area (Å²) in [6.45, 7) is 6.79. The van der Waals surface area contributed by atoms with Gasteiger partial charge in [-0.3, -0.25) is 4.79 Å². The minimum Gasteiger partial charge on any atom is -0.376 e. The summed E-state index contributed by atoms with van der Waals surface area (Å²) < 4.78 is 10.7. The van der Waals surface area contributed by atoms with E-state index in [9.17, 15) is 4.79 Å². The summed E-state index contributed by atoms with van der Waals surface area (Å²) in [6, 6.07) is 0. The van der Waals surface area contributed by atoms with Gasteiger partial charge in [0.05, 0.1) is 25.9 Å². The molecule has 1 rings (SSSR count). The molecule has 19 heavy (non-hydrogen) atoms. The van der Waals surface area contributed by atoms with Crippen LogP contribution in [0.5, 0.6) is 0 Å². The first-order chi connectivity index (χ1) is 9.22. The molecule has 4 heteroatoms. The van der Waals surface area contributed by atoms with Crippen LogP contribution < -0.4 is 5.32 Å². The minimum absolute atomic E-state index is 0.00502. The molecule has 2 unspecified atom stereocenters. The average molecular weight is 269 g/mol. The monoisotopic (exact) mass is 269 g/mol. The van der Waals surface area contributed by atoms with E-state index in [4.69, 9.17) is 9.47 Å². The Kier molecular flexibility index (Phi) is 8.50. The number of amides is 1. The van der Waals surface area contributed by atoms with Crippen LogP contribution in [-0.4, -0.2) is 38.4 Å². The molecule has 4 nitrogen and oxygen atoms in total. The van der Waals surface area contributed by atoms with E-state index in [1.54, 1.807) is 6.08 Å². The van der Waals surface area contributed by atoms with Crippen LogP contribution in [0.1, 0.15) is 39.5 Å². The molecule has 0 aromatic carbocycles. The van der Waals surface area contributed by atoms with Crippen LogP contribution in [0.3, 0.4) is 0 Å². The van der Waals surface area contributed by atoms with E-state index >= 15 is 0 Å². The fourth-order valence-corrected chi connectivity index (χ4v) is 2.01. The highest BCUT2D eigenvalue weighted by molar-refractivity contribution is 5.87. The van der Waals surface area contributed by atoms with Gasteiger partial charge in [-0.2, -0.15) is 0 Å². The molecule has 0 bridgehead atoms.